The third-order valence-corrected chi connectivity index (χ3v) is 4.34. The summed E-state index contributed by atoms with van der Waals surface area (Å²) in [6.07, 6.45) is 5.15. The van der Waals surface area contributed by atoms with Gasteiger partial charge in [-0.25, -0.2) is 0 Å². The predicted octanol–water partition coefficient (Wildman–Crippen LogP) is 4.19. The third-order valence-electron chi connectivity index (χ3n) is 4.34. The summed E-state index contributed by atoms with van der Waals surface area (Å²) in [6, 6.07) is 7.35. The SMILES string of the molecule is CCCCC(CC)C(NC)c1ccc2c(c1)COC2. The zero-order valence-corrected chi connectivity index (χ0v) is 12.5. The Labute approximate surface area is 117 Å². The van der Waals surface area contributed by atoms with Crippen LogP contribution in [0.2, 0.25) is 0 Å². The summed E-state index contributed by atoms with van der Waals surface area (Å²) in [4.78, 5) is 0. The third kappa shape index (κ3) is 3.37. The number of hydrogen-bond acceptors (Lipinski definition) is 2. The van der Waals surface area contributed by atoms with Gasteiger partial charge in [0.25, 0.3) is 0 Å². The molecule has 1 aromatic rings. The minimum Gasteiger partial charge on any atom is -0.372 e. The van der Waals surface area contributed by atoms with Gasteiger partial charge in [0, 0.05) is 6.04 Å². The molecule has 0 radical (unpaired) electrons. The Morgan fingerprint density at radius 2 is 2.00 bits per heavy atom. The number of hydrogen-bond donors (Lipinski definition) is 1. The molecule has 1 aliphatic heterocycles. The summed E-state index contributed by atoms with van der Waals surface area (Å²) in [7, 11) is 2.09. The highest BCUT2D eigenvalue weighted by atomic mass is 16.5. The van der Waals surface area contributed by atoms with Crippen molar-refractivity contribution in [2.75, 3.05) is 7.05 Å². The maximum Gasteiger partial charge on any atom is 0.0725 e. The lowest BCUT2D eigenvalue weighted by atomic mass is 9.86. The molecule has 106 valence electrons. The molecule has 1 heterocycles. The summed E-state index contributed by atoms with van der Waals surface area (Å²) in [5.41, 5.74) is 4.16. The summed E-state index contributed by atoms with van der Waals surface area (Å²) in [5, 5.41) is 3.53. The van der Waals surface area contributed by atoms with Gasteiger partial charge in [0.15, 0.2) is 0 Å². The number of fused-ring (bicyclic) bond motifs is 1. The number of ether oxygens (including phenoxy) is 1. The second-order valence-corrected chi connectivity index (χ2v) is 5.60. The molecule has 19 heavy (non-hydrogen) atoms. The molecular weight excluding hydrogens is 234 g/mol. The van der Waals surface area contributed by atoms with E-state index in [1.165, 1.54) is 42.4 Å². The molecule has 0 aliphatic carbocycles. The highest BCUT2D eigenvalue weighted by Gasteiger charge is 2.21. The van der Waals surface area contributed by atoms with E-state index in [9.17, 15) is 0 Å². The minimum atomic E-state index is 0.474. The van der Waals surface area contributed by atoms with E-state index in [2.05, 4.69) is 44.4 Å². The van der Waals surface area contributed by atoms with Gasteiger partial charge in [0.05, 0.1) is 13.2 Å². The van der Waals surface area contributed by atoms with Crippen LogP contribution in [0, 0.1) is 5.92 Å². The number of nitrogens with one attached hydrogen (secondary N) is 1. The molecule has 0 saturated carbocycles. The summed E-state index contributed by atoms with van der Waals surface area (Å²) in [6.45, 7) is 6.15. The van der Waals surface area contributed by atoms with Crippen molar-refractivity contribution in [1.29, 1.82) is 0 Å². The fourth-order valence-corrected chi connectivity index (χ4v) is 3.13. The smallest absolute Gasteiger partial charge is 0.0725 e. The first kappa shape index (κ1) is 14.5. The lowest BCUT2D eigenvalue weighted by molar-refractivity contribution is 0.134. The molecule has 0 amide bonds. The van der Waals surface area contributed by atoms with Gasteiger partial charge in [-0.2, -0.15) is 0 Å². The van der Waals surface area contributed by atoms with E-state index in [1.807, 2.05) is 0 Å². The number of rotatable bonds is 7. The van der Waals surface area contributed by atoms with Gasteiger partial charge >= 0.3 is 0 Å². The molecule has 1 aromatic carbocycles. The number of unbranched alkanes of at least 4 members (excludes halogenated alkanes) is 1. The first-order valence-electron chi connectivity index (χ1n) is 7.66. The van der Waals surface area contributed by atoms with Crippen molar-refractivity contribution in [3.63, 3.8) is 0 Å². The van der Waals surface area contributed by atoms with E-state index in [-0.39, 0.29) is 0 Å². The highest BCUT2D eigenvalue weighted by molar-refractivity contribution is 5.34. The Morgan fingerprint density at radius 3 is 2.68 bits per heavy atom. The summed E-state index contributed by atoms with van der Waals surface area (Å²) in [5.74, 6) is 0.727. The quantitative estimate of drug-likeness (QED) is 0.794. The van der Waals surface area contributed by atoms with Crippen LogP contribution in [-0.2, 0) is 18.0 Å². The van der Waals surface area contributed by atoms with Crippen molar-refractivity contribution in [3.05, 3.63) is 34.9 Å². The first-order chi connectivity index (χ1) is 9.30. The molecule has 1 aliphatic rings. The van der Waals surface area contributed by atoms with Crippen LogP contribution in [-0.4, -0.2) is 7.05 Å². The fraction of sp³-hybridized carbons (Fsp3) is 0.647. The monoisotopic (exact) mass is 261 g/mol. The van der Waals surface area contributed by atoms with E-state index < -0.39 is 0 Å². The second-order valence-electron chi connectivity index (χ2n) is 5.60. The molecule has 2 heteroatoms. The van der Waals surface area contributed by atoms with Crippen molar-refractivity contribution >= 4 is 0 Å². The van der Waals surface area contributed by atoms with Gasteiger partial charge in [-0.3, -0.25) is 0 Å². The topological polar surface area (TPSA) is 21.3 Å². The largest absolute Gasteiger partial charge is 0.372 e. The molecule has 0 aromatic heterocycles. The van der Waals surface area contributed by atoms with E-state index in [4.69, 9.17) is 4.74 Å². The van der Waals surface area contributed by atoms with E-state index in [0.29, 0.717) is 6.04 Å². The van der Waals surface area contributed by atoms with Crippen LogP contribution < -0.4 is 5.32 Å². The molecule has 0 bridgehead atoms. The van der Waals surface area contributed by atoms with Gasteiger partial charge < -0.3 is 10.1 Å². The van der Waals surface area contributed by atoms with Crippen LogP contribution in [0.4, 0.5) is 0 Å². The van der Waals surface area contributed by atoms with Crippen molar-refractivity contribution in [2.24, 2.45) is 5.92 Å². The van der Waals surface area contributed by atoms with Crippen LogP contribution in [0.5, 0.6) is 0 Å². The molecule has 2 rings (SSSR count). The molecule has 2 nitrogen and oxygen atoms in total. The zero-order chi connectivity index (χ0) is 13.7. The second kappa shape index (κ2) is 7.06. The van der Waals surface area contributed by atoms with Gasteiger partial charge in [0.2, 0.25) is 0 Å². The highest BCUT2D eigenvalue weighted by Crippen LogP contribution is 2.31. The summed E-state index contributed by atoms with van der Waals surface area (Å²) >= 11 is 0. The molecule has 2 atom stereocenters. The van der Waals surface area contributed by atoms with E-state index in [1.54, 1.807) is 0 Å². The average Bonchev–Trinajstić information content (AvgIpc) is 2.90. The maximum absolute atomic E-state index is 5.51. The zero-order valence-electron chi connectivity index (χ0n) is 12.5. The first-order valence-corrected chi connectivity index (χ1v) is 7.66. The lowest BCUT2D eigenvalue weighted by Gasteiger charge is -2.27. The van der Waals surface area contributed by atoms with Crippen LogP contribution in [0.15, 0.2) is 18.2 Å². The maximum atomic E-state index is 5.51. The molecule has 0 spiro atoms. The van der Waals surface area contributed by atoms with Gasteiger partial charge in [-0.05, 0) is 36.1 Å². The van der Waals surface area contributed by atoms with E-state index in [0.717, 1.165) is 19.1 Å². The van der Waals surface area contributed by atoms with Crippen molar-refractivity contribution in [1.82, 2.24) is 5.32 Å². The Bertz CT molecular complexity index is 402. The standard InChI is InChI=1S/C17H27NO/c1-4-6-7-13(5-2)17(18-3)14-8-9-15-11-19-12-16(15)10-14/h8-10,13,17-18H,4-7,11-12H2,1-3H3. The molecular formula is C17H27NO. The minimum absolute atomic E-state index is 0.474. The van der Waals surface area contributed by atoms with Gasteiger partial charge in [-0.15, -0.1) is 0 Å². The van der Waals surface area contributed by atoms with Gasteiger partial charge in [0.1, 0.15) is 0 Å². The van der Waals surface area contributed by atoms with Gasteiger partial charge in [-0.1, -0.05) is 51.3 Å². The number of benzene rings is 1. The van der Waals surface area contributed by atoms with Crippen molar-refractivity contribution in [3.8, 4) is 0 Å². The lowest BCUT2D eigenvalue weighted by Crippen LogP contribution is -2.25. The Balaban J connectivity index is 2.15. The normalized spacial score (nSPS) is 17.2. The fourth-order valence-electron chi connectivity index (χ4n) is 3.13. The molecule has 0 saturated heterocycles. The van der Waals surface area contributed by atoms with Crippen molar-refractivity contribution < 1.29 is 4.74 Å². The van der Waals surface area contributed by atoms with Crippen LogP contribution in [0.25, 0.3) is 0 Å². The molecule has 0 fully saturated rings. The molecule has 1 N–H and O–H groups in total. The van der Waals surface area contributed by atoms with Crippen LogP contribution in [0.3, 0.4) is 0 Å². The predicted molar refractivity (Wildman–Crippen MR) is 80.0 cm³/mol. The Kier molecular flexibility index (Phi) is 5.41. The summed E-state index contributed by atoms with van der Waals surface area (Å²) < 4.78 is 5.51. The van der Waals surface area contributed by atoms with Crippen molar-refractivity contribution in [2.45, 2.75) is 58.8 Å². The van der Waals surface area contributed by atoms with E-state index >= 15 is 0 Å². The molecule has 2 unspecified atom stereocenters. The van der Waals surface area contributed by atoms with Crippen LogP contribution >= 0.6 is 0 Å². The average molecular weight is 261 g/mol. The Morgan fingerprint density at radius 1 is 1.21 bits per heavy atom. The Hall–Kier alpha value is -0.860. The van der Waals surface area contributed by atoms with Crippen LogP contribution in [0.1, 0.15) is 62.3 Å².